The van der Waals surface area contributed by atoms with E-state index in [1.54, 1.807) is 0 Å². The van der Waals surface area contributed by atoms with Gasteiger partial charge in [-0.25, -0.2) is 9.97 Å². The molecule has 0 radical (unpaired) electrons. The monoisotopic (exact) mass is 338 g/mol. The Kier molecular flexibility index (Phi) is 4.65. The molecule has 1 aliphatic rings. The van der Waals surface area contributed by atoms with Crippen molar-refractivity contribution in [2.45, 2.75) is 51.6 Å². The van der Waals surface area contributed by atoms with Crippen molar-refractivity contribution in [2.75, 3.05) is 0 Å². The number of rotatable bonds is 6. The Morgan fingerprint density at radius 2 is 1.88 bits per heavy atom. The summed E-state index contributed by atoms with van der Waals surface area (Å²) in [5.41, 5.74) is 0.115. The lowest BCUT2D eigenvalue weighted by molar-refractivity contribution is -0.137. The molecule has 0 spiro atoms. The maximum absolute atomic E-state index is 12.7. The van der Waals surface area contributed by atoms with Crippen LogP contribution in [0.4, 0.5) is 13.2 Å². The number of nitrogens with zero attached hydrogens (tertiary/aromatic N) is 2. The van der Waals surface area contributed by atoms with Crippen molar-refractivity contribution in [3.8, 4) is 5.88 Å². The molecule has 1 aliphatic carbocycles. The second kappa shape index (κ2) is 6.57. The molecule has 1 unspecified atom stereocenters. The Hall–Kier alpha value is -1.85. The zero-order valence-electron chi connectivity index (χ0n) is 13.6. The molecular weight excluding hydrogens is 317 g/mol. The van der Waals surface area contributed by atoms with Crippen LogP contribution in [0, 0.1) is 11.8 Å². The van der Waals surface area contributed by atoms with Crippen molar-refractivity contribution in [1.29, 1.82) is 0 Å². The second-order valence-corrected chi connectivity index (χ2v) is 6.77. The van der Waals surface area contributed by atoms with Gasteiger partial charge in [-0.05, 0) is 49.3 Å². The molecule has 0 amide bonds. The molecule has 1 aromatic heterocycles. The molecule has 3 rings (SSSR count). The summed E-state index contributed by atoms with van der Waals surface area (Å²) in [6.45, 7) is 2.28. The molecule has 6 heteroatoms. The number of aromatic hydroxyl groups is 1. The Labute approximate surface area is 138 Å². The molecule has 1 heterocycles. The van der Waals surface area contributed by atoms with Gasteiger partial charge in [0.25, 0.3) is 0 Å². The summed E-state index contributed by atoms with van der Waals surface area (Å²) >= 11 is 0. The van der Waals surface area contributed by atoms with Crippen LogP contribution in [0.1, 0.15) is 50.3 Å². The molecule has 2 atom stereocenters. The van der Waals surface area contributed by atoms with Gasteiger partial charge in [0.2, 0.25) is 5.88 Å². The van der Waals surface area contributed by atoms with Gasteiger partial charge >= 0.3 is 6.18 Å². The maximum atomic E-state index is 12.7. The fourth-order valence-corrected chi connectivity index (χ4v) is 3.10. The SMILES string of the molecule is CC1C[C@H]1CCCCCc1nc2ccc(C(F)(F)F)cc2nc1O. The predicted molar refractivity (Wildman–Crippen MR) is 85.6 cm³/mol. The van der Waals surface area contributed by atoms with Crippen LogP contribution in [-0.2, 0) is 12.6 Å². The topological polar surface area (TPSA) is 46.0 Å². The van der Waals surface area contributed by atoms with Gasteiger partial charge in [-0.15, -0.1) is 0 Å². The van der Waals surface area contributed by atoms with E-state index in [9.17, 15) is 18.3 Å². The average Bonchev–Trinajstić information content (AvgIpc) is 3.21. The lowest BCUT2D eigenvalue weighted by atomic mass is 10.1. The number of fused-ring (bicyclic) bond motifs is 1. The van der Waals surface area contributed by atoms with E-state index >= 15 is 0 Å². The van der Waals surface area contributed by atoms with Crippen LogP contribution in [0.25, 0.3) is 11.0 Å². The van der Waals surface area contributed by atoms with Gasteiger partial charge in [0.1, 0.15) is 5.69 Å². The predicted octanol–water partition coefficient (Wildman–Crippen LogP) is 5.11. The molecule has 1 saturated carbocycles. The largest absolute Gasteiger partial charge is 0.492 e. The summed E-state index contributed by atoms with van der Waals surface area (Å²) < 4.78 is 38.1. The highest BCUT2D eigenvalue weighted by Gasteiger charge is 2.31. The van der Waals surface area contributed by atoms with E-state index in [-0.39, 0.29) is 11.4 Å². The van der Waals surface area contributed by atoms with Gasteiger partial charge in [-0.3, -0.25) is 0 Å². The minimum Gasteiger partial charge on any atom is -0.492 e. The molecule has 3 nitrogen and oxygen atoms in total. The Bertz CT molecular complexity index is 730. The lowest BCUT2D eigenvalue weighted by Crippen LogP contribution is -2.05. The first-order chi connectivity index (χ1) is 11.3. The fraction of sp³-hybridized carbons (Fsp3) is 0.556. The average molecular weight is 338 g/mol. The van der Waals surface area contributed by atoms with Crippen LogP contribution < -0.4 is 0 Å². The third kappa shape index (κ3) is 3.97. The summed E-state index contributed by atoms with van der Waals surface area (Å²) in [7, 11) is 0. The van der Waals surface area contributed by atoms with Gasteiger partial charge in [-0.2, -0.15) is 13.2 Å². The zero-order chi connectivity index (χ0) is 17.3. The fourth-order valence-electron chi connectivity index (χ4n) is 3.10. The summed E-state index contributed by atoms with van der Waals surface area (Å²) in [6.07, 6.45) is 1.91. The lowest BCUT2D eigenvalue weighted by Gasteiger charge is -2.09. The highest BCUT2D eigenvalue weighted by Crippen LogP contribution is 2.41. The number of aryl methyl sites for hydroxylation is 1. The highest BCUT2D eigenvalue weighted by molar-refractivity contribution is 5.76. The van der Waals surface area contributed by atoms with Crippen molar-refractivity contribution in [3.05, 3.63) is 29.5 Å². The van der Waals surface area contributed by atoms with Gasteiger partial charge < -0.3 is 5.11 Å². The summed E-state index contributed by atoms with van der Waals surface area (Å²) in [5, 5.41) is 9.94. The minimum atomic E-state index is -4.43. The summed E-state index contributed by atoms with van der Waals surface area (Å²) in [5.74, 6) is 1.50. The Morgan fingerprint density at radius 1 is 1.12 bits per heavy atom. The van der Waals surface area contributed by atoms with E-state index in [1.165, 1.54) is 25.3 Å². The molecule has 1 N–H and O–H groups in total. The quantitative estimate of drug-likeness (QED) is 0.744. The first-order valence-corrected chi connectivity index (χ1v) is 8.41. The van der Waals surface area contributed by atoms with E-state index in [0.29, 0.717) is 17.6 Å². The highest BCUT2D eigenvalue weighted by atomic mass is 19.4. The molecule has 2 aromatic rings. The smallest absolute Gasteiger partial charge is 0.416 e. The van der Waals surface area contributed by atoms with Crippen LogP contribution in [-0.4, -0.2) is 15.1 Å². The Balaban J connectivity index is 1.62. The van der Waals surface area contributed by atoms with E-state index in [1.807, 2.05) is 0 Å². The van der Waals surface area contributed by atoms with Crippen LogP contribution in [0.5, 0.6) is 5.88 Å². The maximum Gasteiger partial charge on any atom is 0.416 e. The van der Waals surface area contributed by atoms with Crippen molar-refractivity contribution >= 4 is 11.0 Å². The first-order valence-electron chi connectivity index (χ1n) is 8.41. The first kappa shape index (κ1) is 17.0. The number of unbranched alkanes of at least 4 members (excludes halogenated alkanes) is 2. The summed E-state index contributed by atoms with van der Waals surface area (Å²) in [4.78, 5) is 8.17. The van der Waals surface area contributed by atoms with Crippen LogP contribution in [0.3, 0.4) is 0 Å². The molecule has 0 bridgehead atoms. The number of benzene rings is 1. The third-order valence-electron chi connectivity index (χ3n) is 4.81. The number of hydrogen-bond acceptors (Lipinski definition) is 3. The van der Waals surface area contributed by atoms with E-state index in [0.717, 1.165) is 36.8 Å². The molecular formula is C18H21F3N2O. The summed E-state index contributed by atoms with van der Waals surface area (Å²) in [6, 6.07) is 3.22. The van der Waals surface area contributed by atoms with E-state index < -0.39 is 11.7 Å². The van der Waals surface area contributed by atoms with E-state index in [4.69, 9.17) is 0 Å². The van der Waals surface area contributed by atoms with Crippen LogP contribution in [0.15, 0.2) is 18.2 Å². The number of halogens is 3. The van der Waals surface area contributed by atoms with Crippen molar-refractivity contribution in [1.82, 2.24) is 9.97 Å². The molecule has 0 saturated heterocycles. The van der Waals surface area contributed by atoms with Gasteiger partial charge in [0.15, 0.2) is 0 Å². The van der Waals surface area contributed by atoms with Gasteiger partial charge in [0.05, 0.1) is 16.6 Å². The van der Waals surface area contributed by atoms with Gasteiger partial charge in [-0.1, -0.05) is 26.2 Å². The van der Waals surface area contributed by atoms with Crippen molar-refractivity contribution < 1.29 is 18.3 Å². The zero-order valence-corrected chi connectivity index (χ0v) is 13.6. The minimum absolute atomic E-state index is 0.0637. The molecule has 24 heavy (non-hydrogen) atoms. The third-order valence-corrected chi connectivity index (χ3v) is 4.81. The second-order valence-electron chi connectivity index (χ2n) is 6.77. The number of aromatic nitrogens is 2. The van der Waals surface area contributed by atoms with Gasteiger partial charge in [0, 0.05) is 0 Å². The van der Waals surface area contributed by atoms with E-state index in [2.05, 4.69) is 16.9 Å². The normalized spacial score (nSPS) is 20.5. The van der Waals surface area contributed by atoms with Crippen LogP contribution in [0.2, 0.25) is 0 Å². The Morgan fingerprint density at radius 3 is 2.54 bits per heavy atom. The number of alkyl halides is 3. The number of hydrogen-bond donors (Lipinski definition) is 1. The molecule has 1 aromatic carbocycles. The van der Waals surface area contributed by atoms with Crippen LogP contribution >= 0.6 is 0 Å². The molecule has 0 aliphatic heterocycles. The molecule has 130 valence electrons. The van der Waals surface area contributed by atoms with Crippen molar-refractivity contribution in [2.24, 2.45) is 11.8 Å². The van der Waals surface area contributed by atoms with Crippen molar-refractivity contribution in [3.63, 3.8) is 0 Å². The standard InChI is InChI=1S/C18H21F3N2O/c1-11-9-12(11)5-3-2-4-6-15-17(24)23-16-10-13(18(19,20)21)7-8-14(16)22-15/h7-8,10-12H,2-6,9H2,1H3,(H,23,24)/t11?,12-/m1/s1. The molecule has 1 fully saturated rings.